The van der Waals surface area contributed by atoms with Crippen molar-refractivity contribution in [3.63, 3.8) is 0 Å². The third kappa shape index (κ3) is 10.6. The molecule has 0 radical (unpaired) electrons. The number of terminal acetylenes is 2. The van der Waals surface area contributed by atoms with E-state index in [9.17, 15) is 14.4 Å². The molecule has 0 aliphatic heterocycles. The lowest BCUT2D eigenvalue weighted by atomic mass is 9.93. The summed E-state index contributed by atoms with van der Waals surface area (Å²) in [6.45, 7) is 2.33. The fraction of sp³-hybridized carbons (Fsp3) is 0.632. The summed E-state index contributed by atoms with van der Waals surface area (Å²) < 4.78 is 15.2. The maximum Gasteiger partial charge on any atom is 0.320 e. The quantitative estimate of drug-likeness (QED) is 0.169. The molecule has 0 aromatic heterocycles. The minimum absolute atomic E-state index is 0.132. The zero-order valence-corrected chi connectivity index (χ0v) is 16.0. The molecular formula is C19H25ClO6. The van der Waals surface area contributed by atoms with Gasteiger partial charge in [-0.3, -0.25) is 14.4 Å². The molecule has 0 aromatic rings. The Morgan fingerprint density at radius 1 is 1.00 bits per heavy atom. The molecule has 0 fully saturated rings. The van der Waals surface area contributed by atoms with Crippen LogP contribution in [0.1, 0.15) is 52.4 Å². The second-order valence-electron chi connectivity index (χ2n) is 5.95. The fourth-order valence-corrected chi connectivity index (χ4v) is 1.82. The Bertz CT molecular complexity index is 519. The lowest BCUT2D eigenvalue weighted by Gasteiger charge is -2.27. The average Bonchev–Trinajstić information content (AvgIpc) is 2.58. The molecule has 0 heterocycles. The monoisotopic (exact) mass is 384 g/mol. The van der Waals surface area contributed by atoms with Gasteiger partial charge in [-0.25, -0.2) is 0 Å². The van der Waals surface area contributed by atoms with E-state index < -0.39 is 28.9 Å². The van der Waals surface area contributed by atoms with Gasteiger partial charge in [0.25, 0.3) is 0 Å². The number of ether oxygens (including phenoxy) is 3. The van der Waals surface area contributed by atoms with Crippen molar-refractivity contribution in [1.82, 2.24) is 0 Å². The Balaban J connectivity index is 4.73. The minimum atomic E-state index is -1.37. The summed E-state index contributed by atoms with van der Waals surface area (Å²) in [6, 6.07) is 0. The highest BCUT2D eigenvalue weighted by atomic mass is 35.5. The predicted octanol–water partition coefficient (Wildman–Crippen LogP) is 2.81. The molecule has 0 saturated carbocycles. The highest BCUT2D eigenvalue weighted by molar-refractivity contribution is 6.20. The summed E-state index contributed by atoms with van der Waals surface area (Å²) in [7, 11) is 0. The summed E-state index contributed by atoms with van der Waals surface area (Å²) in [6.07, 6.45) is 12.4. The number of carbonyl (C=O) groups is 3. The van der Waals surface area contributed by atoms with Crippen LogP contribution in [0.15, 0.2) is 0 Å². The van der Waals surface area contributed by atoms with Crippen LogP contribution in [-0.2, 0) is 28.6 Å². The molecule has 0 saturated heterocycles. The van der Waals surface area contributed by atoms with E-state index in [0.717, 1.165) is 0 Å². The van der Waals surface area contributed by atoms with Crippen LogP contribution in [0.2, 0.25) is 0 Å². The van der Waals surface area contributed by atoms with E-state index >= 15 is 0 Å². The topological polar surface area (TPSA) is 78.9 Å². The van der Waals surface area contributed by atoms with Crippen LogP contribution in [0.3, 0.4) is 0 Å². The van der Waals surface area contributed by atoms with Gasteiger partial charge in [0.2, 0.25) is 0 Å². The molecule has 0 spiro atoms. The smallest absolute Gasteiger partial charge is 0.320 e. The molecule has 1 atom stereocenters. The van der Waals surface area contributed by atoms with Crippen LogP contribution in [0, 0.1) is 30.1 Å². The Morgan fingerprint density at radius 3 is 1.77 bits per heavy atom. The van der Waals surface area contributed by atoms with Gasteiger partial charge in [0, 0.05) is 25.7 Å². The largest absolute Gasteiger partial charge is 0.464 e. The van der Waals surface area contributed by atoms with Gasteiger partial charge in [0.15, 0.2) is 5.56 Å². The molecule has 7 heteroatoms. The molecule has 144 valence electrons. The van der Waals surface area contributed by atoms with Gasteiger partial charge < -0.3 is 14.2 Å². The van der Waals surface area contributed by atoms with E-state index in [1.54, 1.807) is 0 Å². The summed E-state index contributed by atoms with van der Waals surface area (Å²) in [5.41, 5.74) is -2.24. The van der Waals surface area contributed by atoms with Gasteiger partial charge in [-0.15, -0.1) is 24.7 Å². The molecule has 6 nitrogen and oxygen atoms in total. The molecule has 0 N–H and O–H groups in total. The summed E-state index contributed by atoms with van der Waals surface area (Å²) in [4.78, 5) is 35.7. The molecule has 0 aromatic carbocycles. The number of unbranched alkanes of at least 4 members (excludes halogenated alkanes) is 2. The SMILES string of the molecule is C#CCCCC(=O)OCC(C)(COC(=O)CCCC#C)C(=O)OC(C)Cl. The van der Waals surface area contributed by atoms with Crippen molar-refractivity contribution in [2.45, 2.75) is 57.9 Å². The summed E-state index contributed by atoms with van der Waals surface area (Å²) in [5, 5.41) is 0. The number of alkyl halides is 1. The van der Waals surface area contributed by atoms with E-state index in [4.69, 9.17) is 38.7 Å². The second-order valence-corrected chi connectivity index (χ2v) is 6.56. The van der Waals surface area contributed by atoms with E-state index in [0.29, 0.717) is 25.7 Å². The standard InChI is InChI=1S/C19H25ClO6/c1-5-7-9-11-16(21)24-13-19(4,18(23)26-15(3)20)14-25-17(22)12-10-8-6-2/h1-2,15H,7-14H2,3-4H3. The molecule has 0 aliphatic carbocycles. The lowest BCUT2D eigenvalue weighted by molar-refractivity contribution is -0.171. The zero-order valence-electron chi connectivity index (χ0n) is 15.2. The van der Waals surface area contributed by atoms with Crippen LogP contribution in [0.4, 0.5) is 0 Å². The van der Waals surface area contributed by atoms with Crippen LogP contribution < -0.4 is 0 Å². The number of carbonyl (C=O) groups excluding carboxylic acids is 3. The van der Waals surface area contributed by atoms with E-state index in [-0.39, 0.29) is 26.1 Å². The fourth-order valence-electron chi connectivity index (χ4n) is 1.74. The third-order valence-corrected chi connectivity index (χ3v) is 3.36. The first-order valence-corrected chi connectivity index (χ1v) is 8.72. The van der Waals surface area contributed by atoms with Crippen LogP contribution in [0.25, 0.3) is 0 Å². The minimum Gasteiger partial charge on any atom is -0.464 e. The van der Waals surface area contributed by atoms with Gasteiger partial charge in [0.05, 0.1) is 0 Å². The lowest BCUT2D eigenvalue weighted by Crippen LogP contribution is -2.41. The van der Waals surface area contributed by atoms with Crippen LogP contribution in [-0.4, -0.2) is 36.7 Å². The second kappa shape index (κ2) is 13.1. The number of rotatable bonds is 12. The van der Waals surface area contributed by atoms with Crippen LogP contribution >= 0.6 is 11.6 Å². The van der Waals surface area contributed by atoms with Gasteiger partial charge in [-0.1, -0.05) is 11.6 Å². The molecule has 0 rings (SSSR count). The van der Waals surface area contributed by atoms with Crippen molar-refractivity contribution in [2.75, 3.05) is 13.2 Å². The van der Waals surface area contributed by atoms with Gasteiger partial charge in [-0.2, -0.15) is 0 Å². The highest BCUT2D eigenvalue weighted by Gasteiger charge is 2.39. The third-order valence-electron chi connectivity index (χ3n) is 3.27. The van der Waals surface area contributed by atoms with Crippen molar-refractivity contribution in [1.29, 1.82) is 0 Å². The van der Waals surface area contributed by atoms with Crippen molar-refractivity contribution >= 4 is 29.5 Å². The Labute approximate surface area is 159 Å². The average molecular weight is 385 g/mol. The first kappa shape index (κ1) is 23.8. The molecule has 0 amide bonds. The van der Waals surface area contributed by atoms with E-state index in [1.165, 1.54) is 13.8 Å². The number of hydrogen-bond acceptors (Lipinski definition) is 6. The number of hydrogen-bond donors (Lipinski definition) is 0. The van der Waals surface area contributed by atoms with E-state index in [2.05, 4.69) is 11.8 Å². The molecule has 1 unspecified atom stereocenters. The Hall–Kier alpha value is -2.18. The summed E-state index contributed by atoms with van der Waals surface area (Å²) >= 11 is 5.68. The van der Waals surface area contributed by atoms with Crippen LogP contribution in [0.5, 0.6) is 0 Å². The van der Waals surface area contributed by atoms with Gasteiger partial charge in [0.1, 0.15) is 18.6 Å². The maximum absolute atomic E-state index is 12.3. The van der Waals surface area contributed by atoms with E-state index in [1.807, 2.05) is 0 Å². The van der Waals surface area contributed by atoms with Gasteiger partial charge >= 0.3 is 17.9 Å². The first-order chi connectivity index (χ1) is 12.2. The van der Waals surface area contributed by atoms with Crippen molar-refractivity contribution in [3.8, 4) is 24.7 Å². The van der Waals surface area contributed by atoms with Crippen molar-refractivity contribution < 1.29 is 28.6 Å². The first-order valence-electron chi connectivity index (χ1n) is 8.28. The Kier molecular flexibility index (Phi) is 12.0. The highest BCUT2D eigenvalue weighted by Crippen LogP contribution is 2.22. The molecule has 26 heavy (non-hydrogen) atoms. The molecule has 0 aliphatic rings. The number of halogens is 1. The zero-order chi connectivity index (χ0) is 20.0. The normalized spacial score (nSPS) is 11.6. The predicted molar refractivity (Wildman–Crippen MR) is 96.8 cm³/mol. The molecular weight excluding hydrogens is 360 g/mol. The van der Waals surface area contributed by atoms with Crippen molar-refractivity contribution in [2.24, 2.45) is 5.41 Å². The maximum atomic E-state index is 12.3. The molecule has 0 bridgehead atoms. The summed E-state index contributed by atoms with van der Waals surface area (Å²) in [5.74, 6) is 3.11. The van der Waals surface area contributed by atoms with Crippen molar-refractivity contribution in [3.05, 3.63) is 0 Å². The van der Waals surface area contributed by atoms with Gasteiger partial charge in [-0.05, 0) is 26.7 Å². The Morgan fingerprint density at radius 2 is 1.42 bits per heavy atom. The number of esters is 3.